The summed E-state index contributed by atoms with van der Waals surface area (Å²) in [5.41, 5.74) is 1.01. The number of hydrogen-bond donors (Lipinski definition) is 0. The van der Waals surface area contributed by atoms with Crippen molar-refractivity contribution >= 4 is 11.8 Å². The van der Waals surface area contributed by atoms with Crippen LogP contribution in [0, 0.1) is 0 Å². The van der Waals surface area contributed by atoms with Gasteiger partial charge in [-0.15, -0.1) is 5.10 Å². The van der Waals surface area contributed by atoms with Gasteiger partial charge in [-0.1, -0.05) is 24.6 Å². The van der Waals surface area contributed by atoms with Crippen molar-refractivity contribution in [2.75, 3.05) is 13.3 Å². The molecule has 5 nitrogen and oxygen atoms in total. The number of tetrazole rings is 1. The Labute approximate surface area is 129 Å². The predicted octanol–water partition coefficient (Wildman–Crippen LogP) is 2.38. The first-order valence-corrected chi connectivity index (χ1v) is 8.64. The van der Waals surface area contributed by atoms with Crippen molar-refractivity contribution in [1.82, 2.24) is 25.1 Å². The van der Waals surface area contributed by atoms with Crippen LogP contribution in [-0.2, 0) is 6.54 Å². The van der Waals surface area contributed by atoms with Gasteiger partial charge in [0, 0.05) is 11.3 Å². The molecule has 1 fully saturated rings. The first kappa shape index (κ1) is 14.5. The highest BCUT2D eigenvalue weighted by Crippen LogP contribution is 2.32. The third kappa shape index (κ3) is 3.11. The number of thioether (sulfide) groups is 1. The fourth-order valence-electron chi connectivity index (χ4n) is 3.10. The average Bonchev–Trinajstić information content (AvgIpc) is 3.16. The first-order chi connectivity index (χ1) is 10.3. The van der Waals surface area contributed by atoms with E-state index in [9.17, 15) is 0 Å². The molecule has 0 saturated heterocycles. The molecule has 0 bridgehead atoms. The molecule has 0 radical (unpaired) electrons. The molecule has 2 aromatic rings. The summed E-state index contributed by atoms with van der Waals surface area (Å²) in [6.07, 6.45) is 6.13. The van der Waals surface area contributed by atoms with Gasteiger partial charge in [-0.3, -0.25) is 4.90 Å². The van der Waals surface area contributed by atoms with E-state index in [1.807, 2.05) is 46.8 Å². The van der Waals surface area contributed by atoms with Crippen LogP contribution in [0.1, 0.15) is 25.1 Å². The number of hydrogen-bond acceptors (Lipinski definition) is 5. The fourth-order valence-corrected chi connectivity index (χ4v) is 4.16. The zero-order chi connectivity index (χ0) is 14.7. The molecule has 1 heterocycles. The minimum atomic E-state index is 0.626. The van der Waals surface area contributed by atoms with E-state index in [2.05, 4.69) is 33.7 Å². The molecule has 1 saturated carbocycles. The van der Waals surface area contributed by atoms with E-state index in [-0.39, 0.29) is 0 Å². The monoisotopic (exact) mass is 303 g/mol. The van der Waals surface area contributed by atoms with E-state index >= 15 is 0 Å². The van der Waals surface area contributed by atoms with Gasteiger partial charge in [0.1, 0.15) is 0 Å². The normalized spacial score (nSPS) is 22.0. The van der Waals surface area contributed by atoms with Crippen LogP contribution in [0.5, 0.6) is 0 Å². The quantitative estimate of drug-likeness (QED) is 0.848. The molecule has 0 amide bonds. The Bertz CT molecular complexity index is 570. The summed E-state index contributed by atoms with van der Waals surface area (Å²) in [6, 6.07) is 10.7. The van der Waals surface area contributed by atoms with Gasteiger partial charge in [0.25, 0.3) is 0 Å². The standard InChI is InChI=1S/C15H21N5S/c1-19(13-9-6-10-14(13)21-2)11-15-16-17-18-20(15)12-7-4-3-5-8-12/h3-5,7-8,13-14H,6,9-11H2,1-2H3/t13-,14-/m1/s1. The van der Waals surface area contributed by atoms with Gasteiger partial charge in [0.15, 0.2) is 5.82 Å². The van der Waals surface area contributed by atoms with Gasteiger partial charge in [-0.25, -0.2) is 0 Å². The lowest BCUT2D eigenvalue weighted by atomic mass is 10.2. The van der Waals surface area contributed by atoms with E-state index in [1.54, 1.807) is 0 Å². The summed E-state index contributed by atoms with van der Waals surface area (Å²) in [5.74, 6) is 0.899. The molecule has 0 spiro atoms. The maximum absolute atomic E-state index is 4.21. The molecule has 0 N–H and O–H groups in total. The highest BCUT2D eigenvalue weighted by atomic mass is 32.2. The van der Waals surface area contributed by atoms with Crippen molar-refractivity contribution in [2.24, 2.45) is 0 Å². The van der Waals surface area contributed by atoms with Gasteiger partial charge in [0.2, 0.25) is 0 Å². The van der Waals surface area contributed by atoms with Crippen LogP contribution in [-0.4, -0.2) is 49.7 Å². The second kappa shape index (κ2) is 6.58. The van der Waals surface area contributed by atoms with Crippen LogP contribution in [0.4, 0.5) is 0 Å². The smallest absolute Gasteiger partial charge is 0.170 e. The van der Waals surface area contributed by atoms with Gasteiger partial charge in [0.05, 0.1) is 12.2 Å². The Morgan fingerprint density at radius 3 is 2.86 bits per heavy atom. The van der Waals surface area contributed by atoms with Crippen LogP contribution >= 0.6 is 11.8 Å². The minimum Gasteiger partial charge on any atom is -0.295 e. The summed E-state index contributed by atoms with van der Waals surface area (Å²) in [5, 5.41) is 12.9. The number of nitrogens with zero attached hydrogens (tertiary/aromatic N) is 5. The molecule has 0 unspecified atom stereocenters. The van der Waals surface area contributed by atoms with Crippen molar-refractivity contribution < 1.29 is 0 Å². The van der Waals surface area contributed by atoms with Crippen LogP contribution < -0.4 is 0 Å². The second-order valence-corrected chi connectivity index (χ2v) is 6.61. The Morgan fingerprint density at radius 2 is 2.10 bits per heavy atom. The molecular weight excluding hydrogens is 282 g/mol. The summed E-state index contributed by atoms with van der Waals surface area (Å²) < 4.78 is 1.83. The zero-order valence-electron chi connectivity index (χ0n) is 12.5. The van der Waals surface area contributed by atoms with Crippen molar-refractivity contribution in [3.05, 3.63) is 36.2 Å². The Kier molecular flexibility index (Phi) is 4.55. The van der Waals surface area contributed by atoms with Crippen molar-refractivity contribution in [2.45, 2.75) is 37.1 Å². The largest absolute Gasteiger partial charge is 0.295 e. The fraction of sp³-hybridized carbons (Fsp3) is 0.533. The Balaban J connectivity index is 1.75. The van der Waals surface area contributed by atoms with E-state index in [1.165, 1.54) is 19.3 Å². The molecule has 0 aliphatic heterocycles. The summed E-state index contributed by atoms with van der Waals surface area (Å²) in [6.45, 7) is 0.781. The van der Waals surface area contributed by atoms with E-state index in [0.717, 1.165) is 23.3 Å². The molecular formula is C15H21N5S. The highest BCUT2D eigenvalue weighted by molar-refractivity contribution is 7.99. The van der Waals surface area contributed by atoms with Crippen LogP contribution in [0.15, 0.2) is 30.3 Å². The molecule has 1 aliphatic carbocycles. The molecule has 3 rings (SSSR count). The molecule has 2 atom stereocenters. The molecule has 6 heteroatoms. The first-order valence-electron chi connectivity index (χ1n) is 7.35. The minimum absolute atomic E-state index is 0.626. The third-order valence-corrected chi connectivity index (χ3v) is 5.37. The Morgan fingerprint density at radius 1 is 1.29 bits per heavy atom. The zero-order valence-corrected chi connectivity index (χ0v) is 13.3. The van der Waals surface area contributed by atoms with Crippen LogP contribution in [0.25, 0.3) is 5.69 Å². The number of para-hydroxylation sites is 1. The Hall–Kier alpha value is -1.40. The van der Waals surface area contributed by atoms with Gasteiger partial charge >= 0.3 is 0 Å². The summed E-state index contributed by atoms with van der Waals surface area (Å²) in [4.78, 5) is 2.40. The molecule has 1 aliphatic rings. The second-order valence-electron chi connectivity index (χ2n) is 5.53. The van der Waals surface area contributed by atoms with Gasteiger partial charge < -0.3 is 0 Å². The summed E-state index contributed by atoms with van der Waals surface area (Å²) in [7, 11) is 2.18. The molecule has 1 aromatic carbocycles. The number of rotatable bonds is 5. The van der Waals surface area contributed by atoms with E-state index in [0.29, 0.717) is 6.04 Å². The van der Waals surface area contributed by atoms with Crippen molar-refractivity contribution in [3.8, 4) is 5.69 Å². The van der Waals surface area contributed by atoms with Crippen molar-refractivity contribution in [1.29, 1.82) is 0 Å². The van der Waals surface area contributed by atoms with Gasteiger partial charge in [-0.05, 0) is 48.7 Å². The lowest BCUT2D eigenvalue weighted by Crippen LogP contribution is -2.36. The predicted molar refractivity (Wildman–Crippen MR) is 85.6 cm³/mol. The number of benzene rings is 1. The maximum Gasteiger partial charge on any atom is 0.170 e. The molecule has 21 heavy (non-hydrogen) atoms. The lowest BCUT2D eigenvalue weighted by molar-refractivity contribution is 0.234. The average molecular weight is 303 g/mol. The van der Waals surface area contributed by atoms with Gasteiger partial charge in [-0.2, -0.15) is 16.4 Å². The third-order valence-electron chi connectivity index (χ3n) is 4.21. The SMILES string of the molecule is CS[C@@H]1CCC[C@H]1N(C)Cc1nnnn1-c1ccccc1. The lowest BCUT2D eigenvalue weighted by Gasteiger charge is -2.28. The molecule has 1 aromatic heterocycles. The molecule has 112 valence electrons. The maximum atomic E-state index is 4.21. The van der Waals surface area contributed by atoms with Crippen LogP contribution in [0.3, 0.4) is 0 Å². The highest BCUT2D eigenvalue weighted by Gasteiger charge is 2.30. The van der Waals surface area contributed by atoms with E-state index < -0.39 is 0 Å². The summed E-state index contributed by atoms with van der Waals surface area (Å²) >= 11 is 1.98. The van der Waals surface area contributed by atoms with E-state index in [4.69, 9.17) is 0 Å². The van der Waals surface area contributed by atoms with Crippen LogP contribution in [0.2, 0.25) is 0 Å². The topological polar surface area (TPSA) is 46.8 Å². The number of aromatic nitrogens is 4. The van der Waals surface area contributed by atoms with Crippen molar-refractivity contribution in [3.63, 3.8) is 0 Å².